The van der Waals surface area contributed by atoms with Crippen LogP contribution in [0.3, 0.4) is 0 Å². The van der Waals surface area contributed by atoms with E-state index in [0.29, 0.717) is 20.9 Å². The summed E-state index contributed by atoms with van der Waals surface area (Å²) < 4.78 is 6.01. The average molecular weight is 516 g/mol. The quantitative estimate of drug-likeness (QED) is 0.181. The molecule has 2 heterocycles. The van der Waals surface area contributed by atoms with E-state index < -0.39 is 22.9 Å². The summed E-state index contributed by atoms with van der Waals surface area (Å²) in [5.74, 6) is -1.35. The second-order valence-corrected chi connectivity index (χ2v) is 9.26. The molecule has 1 N–H and O–H groups in total. The molecule has 0 aliphatic rings. The first kappa shape index (κ1) is 23.6. The lowest BCUT2D eigenvalue weighted by Gasteiger charge is -2.15. The van der Waals surface area contributed by atoms with Crippen LogP contribution in [0.15, 0.2) is 60.7 Å². The molecule has 4 aromatic rings. The first-order chi connectivity index (χ1) is 16.2. The largest absolute Gasteiger partial charge is 0.449 e. The van der Waals surface area contributed by atoms with Crippen molar-refractivity contribution in [1.29, 1.82) is 0 Å². The summed E-state index contributed by atoms with van der Waals surface area (Å²) in [7, 11) is 0. The first-order valence-electron chi connectivity index (χ1n) is 9.84. The number of anilines is 1. The highest BCUT2D eigenvalue weighted by molar-refractivity contribution is 7.19. The number of fused-ring (bicyclic) bond motifs is 1. The lowest BCUT2D eigenvalue weighted by atomic mass is 10.1. The zero-order valence-corrected chi connectivity index (χ0v) is 19.8. The molecule has 1 amide bonds. The van der Waals surface area contributed by atoms with Crippen LogP contribution in [0.25, 0.3) is 21.5 Å². The second kappa shape index (κ2) is 9.76. The fourth-order valence-electron chi connectivity index (χ4n) is 3.15. The van der Waals surface area contributed by atoms with E-state index in [1.165, 1.54) is 30.4 Å². The number of non-ortho nitro benzene ring substituents is 1. The third kappa shape index (κ3) is 5.01. The van der Waals surface area contributed by atoms with E-state index in [-0.39, 0.29) is 22.0 Å². The maximum atomic E-state index is 13.0. The van der Waals surface area contributed by atoms with Crippen molar-refractivity contribution in [1.82, 2.24) is 4.98 Å². The number of esters is 1. The summed E-state index contributed by atoms with van der Waals surface area (Å²) in [5.41, 5.74) is 1.34. The zero-order valence-electron chi connectivity index (χ0n) is 17.5. The van der Waals surface area contributed by atoms with E-state index in [1.54, 1.807) is 36.4 Å². The SMILES string of the molecule is CC(OC(=O)c1cc(-c2ccc(Cl)s2)nc2ccccc12)C(=O)Nc1ccc([N+](=O)[O-])cc1Cl. The Morgan fingerprint density at radius 2 is 1.88 bits per heavy atom. The predicted molar refractivity (Wildman–Crippen MR) is 132 cm³/mol. The predicted octanol–water partition coefficient (Wildman–Crippen LogP) is 6.36. The van der Waals surface area contributed by atoms with Gasteiger partial charge in [-0.3, -0.25) is 14.9 Å². The fraction of sp³-hybridized carbons (Fsp3) is 0.0870. The van der Waals surface area contributed by atoms with Gasteiger partial charge >= 0.3 is 5.97 Å². The van der Waals surface area contributed by atoms with Crippen LogP contribution >= 0.6 is 34.5 Å². The van der Waals surface area contributed by atoms with Crippen molar-refractivity contribution in [3.8, 4) is 10.6 Å². The van der Waals surface area contributed by atoms with Crippen molar-refractivity contribution in [2.75, 3.05) is 5.32 Å². The van der Waals surface area contributed by atoms with Crippen LogP contribution in [0.2, 0.25) is 9.36 Å². The highest BCUT2D eigenvalue weighted by Gasteiger charge is 2.23. The van der Waals surface area contributed by atoms with Gasteiger partial charge in [-0.15, -0.1) is 11.3 Å². The normalized spacial score (nSPS) is 11.7. The Morgan fingerprint density at radius 1 is 1.12 bits per heavy atom. The third-order valence-electron chi connectivity index (χ3n) is 4.84. The van der Waals surface area contributed by atoms with E-state index in [1.807, 2.05) is 6.07 Å². The van der Waals surface area contributed by atoms with E-state index in [4.69, 9.17) is 27.9 Å². The molecule has 34 heavy (non-hydrogen) atoms. The van der Waals surface area contributed by atoms with Gasteiger partial charge in [-0.2, -0.15) is 0 Å². The van der Waals surface area contributed by atoms with E-state index in [2.05, 4.69) is 10.3 Å². The highest BCUT2D eigenvalue weighted by Crippen LogP contribution is 2.33. The minimum atomic E-state index is -1.18. The minimum absolute atomic E-state index is 0.0135. The molecule has 0 spiro atoms. The van der Waals surface area contributed by atoms with Crippen molar-refractivity contribution in [2.24, 2.45) is 0 Å². The molecule has 2 aromatic carbocycles. The Balaban J connectivity index is 1.56. The number of thiophene rings is 1. The van der Waals surface area contributed by atoms with Crippen molar-refractivity contribution >= 4 is 68.7 Å². The van der Waals surface area contributed by atoms with Crippen LogP contribution in [0.4, 0.5) is 11.4 Å². The molecule has 172 valence electrons. The van der Waals surface area contributed by atoms with Crippen molar-refractivity contribution in [2.45, 2.75) is 13.0 Å². The van der Waals surface area contributed by atoms with Crippen molar-refractivity contribution in [3.05, 3.63) is 85.7 Å². The number of rotatable bonds is 6. The van der Waals surface area contributed by atoms with Gasteiger partial charge < -0.3 is 10.1 Å². The number of amides is 1. The molecule has 0 radical (unpaired) electrons. The Morgan fingerprint density at radius 3 is 2.56 bits per heavy atom. The Bertz CT molecular complexity index is 1440. The molecule has 11 heteroatoms. The number of carbonyl (C=O) groups is 2. The summed E-state index contributed by atoms with van der Waals surface area (Å²) in [6.07, 6.45) is -1.18. The first-order valence-corrected chi connectivity index (χ1v) is 11.4. The monoisotopic (exact) mass is 515 g/mol. The number of aromatic nitrogens is 1. The molecule has 0 aliphatic heterocycles. The molecule has 0 fully saturated rings. The van der Waals surface area contributed by atoms with Crippen molar-refractivity contribution < 1.29 is 19.2 Å². The zero-order chi connectivity index (χ0) is 24.4. The molecule has 0 aliphatic carbocycles. The van der Waals surface area contributed by atoms with Crippen molar-refractivity contribution in [3.63, 3.8) is 0 Å². The minimum Gasteiger partial charge on any atom is -0.449 e. The van der Waals surface area contributed by atoms with Crippen LogP contribution < -0.4 is 5.32 Å². The number of halogens is 2. The number of pyridine rings is 1. The second-order valence-electron chi connectivity index (χ2n) is 7.13. The van der Waals surface area contributed by atoms with Crippen LogP contribution in [0, 0.1) is 10.1 Å². The number of ether oxygens (including phenoxy) is 1. The Kier molecular flexibility index (Phi) is 6.78. The lowest BCUT2D eigenvalue weighted by Crippen LogP contribution is -2.30. The fourth-order valence-corrected chi connectivity index (χ4v) is 4.38. The Labute approximate surface area is 207 Å². The molecule has 1 atom stereocenters. The molecular weight excluding hydrogens is 501 g/mol. The molecule has 4 rings (SSSR count). The summed E-state index contributed by atoms with van der Waals surface area (Å²) in [4.78, 5) is 41.3. The number of carbonyl (C=O) groups excluding carboxylic acids is 2. The molecule has 2 aromatic heterocycles. The van der Waals surface area contributed by atoms with E-state index in [0.717, 1.165) is 10.9 Å². The van der Waals surface area contributed by atoms with Crippen LogP contribution in [-0.4, -0.2) is 27.9 Å². The lowest BCUT2D eigenvalue weighted by molar-refractivity contribution is -0.384. The maximum Gasteiger partial charge on any atom is 0.339 e. The van der Waals surface area contributed by atoms with Gasteiger partial charge in [0.05, 0.1) is 41.6 Å². The standard InChI is InChI=1S/C23H15Cl2N3O5S/c1-12(22(29)27-18-7-6-13(28(31)32)10-16(18)24)33-23(30)15-11-19(20-8-9-21(25)34-20)26-17-5-3-2-4-14(15)17/h2-12H,1H3,(H,27,29). The number of nitrogens with zero attached hydrogens (tertiary/aromatic N) is 2. The number of benzene rings is 2. The smallest absolute Gasteiger partial charge is 0.339 e. The van der Waals surface area contributed by atoms with Gasteiger partial charge in [-0.05, 0) is 37.3 Å². The molecule has 0 saturated heterocycles. The van der Waals surface area contributed by atoms with E-state index in [9.17, 15) is 19.7 Å². The van der Waals surface area contributed by atoms with Crippen LogP contribution in [0.5, 0.6) is 0 Å². The van der Waals surface area contributed by atoms with Crippen LogP contribution in [0.1, 0.15) is 17.3 Å². The summed E-state index contributed by atoms with van der Waals surface area (Å²) in [6.45, 7) is 1.41. The number of nitrogens with one attached hydrogen (secondary N) is 1. The van der Waals surface area contributed by atoms with Gasteiger partial charge in [0.25, 0.3) is 11.6 Å². The number of hydrogen-bond acceptors (Lipinski definition) is 7. The molecule has 0 saturated carbocycles. The maximum absolute atomic E-state index is 13.0. The number of nitro groups is 1. The Hall–Kier alpha value is -3.53. The van der Waals surface area contributed by atoms with Gasteiger partial charge in [-0.25, -0.2) is 9.78 Å². The number of para-hydroxylation sites is 1. The van der Waals surface area contributed by atoms with Gasteiger partial charge in [0.1, 0.15) is 0 Å². The van der Waals surface area contributed by atoms with Gasteiger partial charge in [-0.1, -0.05) is 41.4 Å². The average Bonchev–Trinajstić information content (AvgIpc) is 3.25. The molecule has 0 bridgehead atoms. The summed E-state index contributed by atoms with van der Waals surface area (Å²) in [6, 6.07) is 15.9. The number of nitro benzene ring substituents is 1. The van der Waals surface area contributed by atoms with Crippen LogP contribution in [-0.2, 0) is 9.53 Å². The molecular formula is C23H15Cl2N3O5S. The van der Waals surface area contributed by atoms with Gasteiger partial charge in [0.15, 0.2) is 6.10 Å². The molecule has 8 nitrogen and oxygen atoms in total. The number of hydrogen-bond donors (Lipinski definition) is 1. The third-order valence-corrected chi connectivity index (χ3v) is 6.40. The summed E-state index contributed by atoms with van der Waals surface area (Å²) in [5, 5.41) is 13.9. The highest BCUT2D eigenvalue weighted by atomic mass is 35.5. The summed E-state index contributed by atoms with van der Waals surface area (Å²) >= 11 is 13.4. The molecule has 1 unspecified atom stereocenters. The van der Waals surface area contributed by atoms with E-state index >= 15 is 0 Å². The van der Waals surface area contributed by atoms with Gasteiger partial charge in [0, 0.05) is 17.5 Å². The topological polar surface area (TPSA) is 111 Å². The van der Waals surface area contributed by atoms with Gasteiger partial charge in [0.2, 0.25) is 0 Å².